The first-order valence-electron chi connectivity index (χ1n) is 8.99. The summed E-state index contributed by atoms with van der Waals surface area (Å²) in [5.74, 6) is 1.49. The van der Waals surface area contributed by atoms with E-state index in [-0.39, 0.29) is 29.5 Å². The highest BCUT2D eigenvalue weighted by atomic mass is 127. The van der Waals surface area contributed by atoms with Gasteiger partial charge in [0.1, 0.15) is 0 Å². The van der Waals surface area contributed by atoms with Gasteiger partial charge in [-0.1, -0.05) is 0 Å². The van der Waals surface area contributed by atoms with Crippen LogP contribution in [0.25, 0.3) is 0 Å². The molecule has 1 aromatic carbocycles. The molecule has 0 saturated carbocycles. The standard InChI is InChI=1S/C18H25F3N4OS.HI/c1-2-22-17(25-12-15-4-3-11-27-15)24-10-9-23-16(26)13-5-7-14(8-6-13)18(19,20)21;/h5-8,15H,2-4,9-12H2,1H3,(H,23,26)(H2,22,24,25);1H. The minimum Gasteiger partial charge on any atom is -0.357 e. The first kappa shape index (κ1) is 24.9. The van der Waals surface area contributed by atoms with E-state index in [9.17, 15) is 18.0 Å². The van der Waals surface area contributed by atoms with Crippen molar-refractivity contribution in [1.29, 1.82) is 0 Å². The number of rotatable bonds is 7. The molecule has 1 aliphatic heterocycles. The van der Waals surface area contributed by atoms with Crippen LogP contribution < -0.4 is 16.0 Å². The van der Waals surface area contributed by atoms with E-state index in [0.717, 1.165) is 25.2 Å². The largest absolute Gasteiger partial charge is 0.416 e. The fourth-order valence-electron chi connectivity index (χ4n) is 2.59. The smallest absolute Gasteiger partial charge is 0.357 e. The third-order valence-corrected chi connectivity index (χ3v) is 5.38. The number of alkyl halides is 3. The van der Waals surface area contributed by atoms with E-state index in [0.29, 0.717) is 24.3 Å². The monoisotopic (exact) mass is 530 g/mol. The van der Waals surface area contributed by atoms with E-state index in [4.69, 9.17) is 0 Å². The Hall–Kier alpha value is -1.17. The summed E-state index contributed by atoms with van der Waals surface area (Å²) in [7, 11) is 0. The molecular weight excluding hydrogens is 504 g/mol. The Morgan fingerprint density at radius 1 is 1.18 bits per heavy atom. The summed E-state index contributed by atoms with van der Waals surface area (Å²) in [5, 5.41) is 9.56. The van der Waals surface area contributed by atoms with Crippen LogP contribution in [0.15, 0.2) is 29.3 Å². The summed E-state index contributed by atoms with van der Waals surface area (Å²) < 4.78 is 37.6. The van der Waals surface area contributed by atoms with Gasteiger partial charge in [0.05, 0.1) is 12.1 Å². The highest BCUT2D eigenvalue weighted by Gasteiger charge is 2.30. The van der Waals surface area contributed by atoms with Crippen LogP contribution in [0.2, 0.25) is 0 Å². The molecule has 1 saturated heterocycles. The van der Waals surface area contributed by atoms with Crippen molar-refractivity contribution in [2.75, 3.05) is 31.9 Å². The first-order chi connectivity index (χ1) is 12.9. The highest BCUT2D eigenvalue weighted by molar-refractivity contribution is 14.0. The van der Waals surface area contributed by atoms with Crippen LogP contribution in [0, 0.1) is 0 Å². The third kappa shape index (κ3) is 8.46. The number of halogens is 4. The van der Waals surface area contributed by atoms with Crippen molar-refractivity contribution in [2.24, 2.45) is 4.99 Å². The maximum Gasteiger partial charge on any atom is 0.416 e. The van der Waals surface area contributed by atoms with Crippen molar-refractivity contribution in [3.63, 3.8) is 0 Å². The topological polar surface area (TPSA) is 65.5 Å². The maximum atomic E-state index is 12.5. The van der Waals surface area contributed by atoms with Gasteiger partial charge in [-0.15, -0.1) is 24.0 Å². The number of nitrogens with one attached hydrogen (secondary N) is 3. The second kappa shape index (κ2) is 12.4. The van der Waals surface area contributed by atoms with Gasteiger partial charge in [-0.25, -0.2) is 0 Å². The second-order valence-electron chi connectivity index (χ2n) is 6.11. The number of carbonyl (C=O) groups excluding carboxylic acids is 1. The Kier molecular flexibility index (Phi) is 11.0. The van der Waals surface area contributed by atoms with Crippen molar-refractivity contribution in [3.05, 3.63) is 35.4 Å². The number of hydrogen-bond donors (Lipinski definition) is 3. The minimum absolute atomic E-state index is 0. The Bertz CT molecular complexity index is 635. The Balaban J connectivity index is 0.00000392. The average molecular weight is 530 g/mol. The van der Waals surface area contributed by atoms with Gasteiger partial charge in [0.2, 0.25) is 0 Å². The lowest BCUT2D eigenvalue weighted by molar-refractivity contribution is -0.137. The molecule has 0 aliphatic carbocycles. The molecule has 1 amide bonds. The van der Waals surface area contributed by atoms with E-state index in [2.05, 4.69) is 20.9 Å². The summed E-state index contributed by atoms with van der Waals surface area (Å²) in [4.78, 5) is 16.6. The fourth-order valence-corrected chi connectivity index (χ4v) is 3.77. The van der Waals surface area contributed by atoms with Crippen molar-refractivity contribution < 1.29 is 18.0 Å². The molecule has 1 aromatic rings. The van der Waals surface area contributed by atoms with Crippen LogP contribution in [-0.2, 0) is 6.18 Å². The van der Waals surface area contributed by atoms with Gasteiger partial charge in [0.25, 0.3) is 5.91 Å². The zero-order valence-corrected chi connectivity index (χ0v) is 18.8. The molecule has 1 atom stereocenters. The number of guanidine groups is 1. The minimum atomic E-state index is -4.40. The average Bonchev–Trinajstić information content (AvgIpc) is 3.16. The van der Waals surface area contributed by atoms with Crippen LogP contribution in [0.4, 0.5) is 13.2 Å². The van der Waals surface area contributed by atoms with Crippen LogP contribution in [0.3, 0.4) is 0 Å². The van der Waals surface area contributed by atoms with Crippen LogP contribution in [0.1, 0.15) is 35.7 Å². The molecule has 3 N–H and O–H groups in total. The Labute approximate surface area is 184 Å². The summed E-state index contributed by atoms with van der Waals surface area (Å²) in [6.45, 7) is 4.28. The molecule has 0 aromatic heterocycles. The number of aliphatic imine (C=N–C) groups is 1. The third-order valence-electron chi connectivity index (χ3n) is 4.00. The molecule has 2 rings (SSSR count). The predicted octanol–water partition coefficient (Wildman–Crippen LogP) is 3.50. The molecule has 5 nitrogen and oxygen atoms in total. The number of benzene rings is 1. The normalized spacial score (nSPS) is 17.0. The van der Waals surface area contributed by atoms with Gasteiger partial charge in [0.15, 0.2) is 5.96 Å². The lowest BCUT2D eigenvalue weighted by Gasteiger charge is -2.13. The lowest BCUT2D eigenvalue weighted by Crippen LogP contribution is -2.41. The number of carbonyl (C=O) groups is 1. The molecule has 28 heavy (non-hydrogen) atoms. The number of amides is 1. The molecule has 1 fully saturated rings. The summed E-state index contributed by atoms with van der Waals surface area (Å²) in [6.07, 6.45) is -1.97. The maximum absolute atomic E-state index is 12.5. The Morgan fingerprint density at radius 2 is 1.86 bits per heavy atom. The molecule has 1 unspecified atom stereocenters. The van der Waals surface area contributed by atoms with Crippen LogP contribution in [-0.4, -0.2) is 49.0 Å². The summed E-state index contributed by atoms with van der Waals surface area (Å²) in [6, 6.07) is 4.17. The predicted molar refractivity (Wildman–Crippen MR) is 119 cm³/mol. The summed E-state index contributed by atoms with van der Waals surface area (Å²) in [5.41, 5.74) is -0.575. The van der Waals surface area contributed by atoms with Crippen molar-refractivity contribution in [3.8, 4) is 0 Å². The molecular formula is C18H26F3IN4OS. The van der Waals surface area contributed by atoms with Gasteiger partial charge < -0.3 is 16.0 Å². The van der Waals surface area contributed by atoms with Gasteiger partial charge in [-0.3, -0.25) is 9.79 Å². The molecule has 1 heterocycles. The first-order valence-corrected chi connectivity index (χ1v) is 10.0. The van der Waals surface area contributed by atoms with Crippen LogP contribution in [0.5, 0.6) is 0 Å². The quantitative estimate of drug-likeness (QED) is 0.219. The second-order valence-corrected chi connectivity index (χ2v) is 7.52. The zero-order chi connectivity index (χ0) is 19.7. The van der Waals surface area contributed by atoms with Crippen LogP contribution >= 0.6 is 35.7 Å². The lowest BCUT2D eigenvalue weighted by atomic mass is 10.1. The van der Waals surface area contributed by atoms with E-state index in [1.165, 1.54) is 30.7 Å². The molecule has 10 heteroatoms. The molecule has 1 aliphatic rings. The zero-order valence-electron chi connectivity index (χ0n) is 15.6. The number of nitrogens with zero attached hydrogens (tertiary/aromatic N) is 1. The van der Waals surface area contributed by atoms with E-state index < -0.39 is 17.6 Å². The number of thioether (sulfide) groups is 1. The molecule has 0 radical (unpaired) electrons. The SMILES string of the molecule is CCNC(=NCC1CCCS1)NCCNC(=O)c1ccc(C(F)(F)F)cc1.I. The fraction of sp³-hybridized carbons (Fsp3) is 0.556. The van der Waals surface area contributed by atoms with Gasteiger partial charge >= 0.3 is 6.18 Å². The van der Waals surface area contributed by atoms with E-state index in [1.807, 2.05) is 18.7 Å². The van der Waals surface area contributed by atoms with Gasteiger partial charge in [-0.2, -0.15) is 24.9 Å². The van der Waals surface area contributed by atoms with E-state index in [1.54, 1.807) is 0 Å². The number of hydrogen-bond acceptors (Lipinski definition) is 3. The van der Waals surface area contributed by atoms with Gasteiger partial charge in [-0.05, 0) is 49.8 Å². The van der Waals surface area contributed by atoms with Gasteiger partial charge in [0, 0.05) is 30.4 Å². The van der Waals surface area contributed by atoms with Crippen molar-refractivity contribution >= 4 is 47.6 Å². The summed E-state index contributed by atoms with van der Waals surface area (Å²) >= 11 is 1.94. The van der Waals surface area contributed by atoms with E-state index >= 15 is 0 Å². The Morgan fingerprint density at radius 3 is 2.43 bits per heavy atom. The highest BCUT2D eigenvalue weighted by Crippen LogP contribution is 2.29. The van der Waals surface area contributed by atoms with Crippen molar-refractivity contribution in [2.45, 2.75) is 31.2 Å². The molecule has 0 spiro atoms. The molecule has 158 valence electrons. The van der Waals surface area contributed by atoms with Crippen molar-refractivity contribution in [1.82, 2.24) is 16.0 Å². The molecule has 0 bridgehead atoms.